The summed E-state index contributed by atoms with van der Waals surface area (Å²) in [6.45, 7) is 0.217. The summed E-state index contributed by atoms with van der Waals surface area (Å²) in [6, 6.07) is 0.328. The minimum Gasteiger partial charge on any atom is -0.396 e. The number of aliphatic hydroxyl groups is 1. The maximum Gasteiger partial charge on any atom is 0.223 e. The van der Waals surface area contributed by atoms with Crippen molar-refractivity contribution in [3.05, 3.63) is 0 Å². The number of carbonyl (C=O) groups is 1. The second-order valence-corrected chi connectivity index (χ2v) is 5.72. The fraction of sp³-hybridized carbons (Fsp3) is 0.923. The molecular weight excluding hydrogens is 202 g/mol. The number of amides is 1. The highest BCUT2D eigenvalue weighted by molar-refractivity contribution is 5.81. The molecule has 1 aliphatic carbocycles. The Labute approximate surface area is 96.8 Å². The van der Waals surface area contributed by atoms with E-state index in [1.807, 2.05) is 0 Å². The van der Waals surface area contributed by atoms with Crippen molar-refractivity contribution in [1.82, 2.24) is 4.90 Å². The lowest BCUT2D eigenvalue weighted by Gasteiger charge is -2.47. The lowest BCUT2D eigenvalue weighted by atomic mass is 9.78. The Bertz CT molecular complexity index is 302. The van der Waals surface area contributed by atoms with Crippen molar-refractivity contribution in [1.29, 1.82) is 0 Å². The highest BCUT2D eigenvalue weighted by atomic mass is 16.3. The summed E-state index contributed by atoms with van der Waals surface area (Å²) in [5.74, 6) is 0.990. The monoisotopic (exact) mass is 223 g/mol. The van der Waals surface area contributed by atoms with Crippen molar-refractivity contribution in [2.45, 2.75) is 62.9 Å². The van der Waals surface area contributed by atoms with E-state index in [1.165, 1.54) is 32.1 Å². The first kappa shape index (κ1) is 10.6. The molecule has 3 aliphatic rings. The molecular formula is C13H21NO2. The molecule has 90 valence electrons. The predicted octanol–water partition coefficient (Wildman–Crippen LogP) is 1.69. The van der Waals surface area contributed by atoms with Gasteiger partial charge < -0.3 is 10.0 Å². The summed E-state index contributed by atoms with van der Waals surface area (Å²) >= 11 is 0. The zero-order valence-corrected chi connectivity index (χ0v) is 9.82. The summed E-state index contributed by atoms with van der Waals surface area (Å²) in [4.78, 5) is 14.3. The Balaban J connectivity index is 1.91. The van der Waals surface area contributed by atoms with E-state index in [1.54, 1.807) is 0 Å². The van der Waals surface area contributed by atoms with Crippen LogP contribution in [0.25, 0.3) is 0 Å². The fourth-order valence-corrected chi connectivity index (χ4v) is 4.51. The van der Waals surface area contributed by atoms with Gasteiger partial charge in [-0.3, -0.25) is 4.79 Å². The SMILES string of the molecule is O=C1C[C@H]2CCC[C@]23CCC[C@H](CCO)N13. The molecule has 1 amide bonds. The number of piperidine rings is 1. The van der Waals surface area contributed by atoms with Gasteiger partial charge in [0.05, 0.1) is 0 Å². The molecule has 0 bridgehead atoms. The molecule has 1 saturated carbocycles. The first-order valence-corrected chi connectivity index (χ1v) is 6.71. The summed E-state index contributed by atoms with van der Waals surface area (Å²) in [7, 11) is 0. The highest BCUT2D eigenvalue weighted by Crippen LogP contribution is 2.54. The molecule has 3 rings (SSSR count). The van der Waals surface area contributed by atoms with Crippen molar-refractivity contribution >= 4 is 5.91 Å². The minimum atomic E-state index is 0.217. The second-order valence-electron chi connectivity index (χ2n) is 5.72. The first-order chi connectivity index (χ1) is 7.78. The lowest BCUT2D eigenvalue weighted by molar-refractivity contribution is -0.137. The summed E-state index contributed by atoms with van der Waals surface area (Å²) in [5.41, 5.74) is 0.217. The van der Waals surface area contributed by atoms with Gasteiger partial charge in [-0.25, -0.2) is 0 Å². The van der Waals surface area contributed by atoms with Crippen LogP contribution < -0.4 is 0 Å². The zero-order chi connectivity index (χ0) is 11.2. The minimum absolute atomic E-state index is 0.217. The molecule has 3 nitrogen and oxygen atoms in total. The Morgan fingerprint density at radius 1 is 1.31 bits per heavy atom. The third kappa shape index (κ3) is 1.27. The third-order valence-electron chi connectivity index (χ3n) is 5.07. The average molecular weight is 223 g/mol. The Morgan fingerprint density at radius 3 is 2.81 bits per heavy atom. The van der Waals surface area contributed by atoms with Crippen LogP contribution in [0.2, 0.25) is 0 Å². The summed E-state index contributed by atoms with van der Waals surface area (Å²) < 4.78 is 0. The molecule has 16 heavy (non-hydrogen) atoms. The maximum atomic E-state index is 12.1. The van der Waals surface area contributed by atoms with Gasteiger partial charge in [0.25, 0.3) is 0 Å². The number of hydrogen-bond acceptors (Lipinski definition) is 2. The topological polar surface area (TPSA) is 40.5 Å². The Kier molecular flexibility index (Phi) is 2.46. The van der Waals surface area contributed by atoms with Gasteiger partial charge >= 0.3 is 0 Å². The molecule has 0 aromatic rings. The van der Waals surface area contributed by atoms with Gasteiger partial charge in [-0.05, 0) is 44.4 Å². The summed E-state index contributed by atoms with van der Waals surface area (Å²) in [5, 5.41) is 9.12. The van der Waals surface area contributed by atoms with Gasteiger partial charge in [-0.1, -0.05) is 6.42 Å². The third-order valence-corrected chi connectivity index (χ3v) is 5.07. The van der Waals surface area contributed by atoms with Crippen molar-refractivity contribution in [3.63, 3.8) is 0 Å². The van der Waals surface area contributed by atoms with Crippen LogP contribution in [0.15, 0.2) is 0 Å². The maximum absolute atomic E-state index is 12.1. The number of nitrogens with zero attached hydrogens (tertiary/aromatic N) is 1. The van der Waals surface area contributed by atoms with Crippen LogP contribution in [0, 0.1) is 5.92 Å². The first-order valence-electron chi connectivity index (χ1n) is 6.71. The van der Waals surface area contributed by atoms with Gasteiger partial charge in [-0.15, -0.1) is 0 Å². The molecule has 0 radical (unpaired) electrons. The molecule has 2 saturated heterocycles. The number of hydrogen-bond donors (Lipinski definition) is 1. The molecule has 1 N–H and O–H groups in total. The Hall–Kier alpha value is -0.570. The van der Waals surface area contributed by atoms with E-state index in [0.29, 0.717) is 17.9 Å². The zero-order valence-electron chi connectivity index (χ0n) is 9.82. The van der Waals surface area contributed by atoms with E-state index in [0.717, 1.165) is 19.3 Å². The Morgan fingerprint density at radius 2 is 2.06 bits per heavy atom. The van der Waals surface area contributed by atoms with Crippen LogP contribution in [-0.2, 0) is 4.79 Å². The van der Waals surface area contributed by atoms with Gasteiger partial charge in [0.15, 0.2) is 0 Å². The standard InChI is InChI=1S/C13H21NO2/c15-8-5-11-4-2-7-13-6-1-3-10(13)9-12(16)14(11)13/h10-11,15H,1-9H2/t10-,11-,13+/m1/s1. The highest BCUT2D eigenvalue weighted by Gasteiger charge is 2.57. The van der Waals surface area contributed by atoms with Crippen LogP contribution in [0.3, 0.4) is 0 Å². The van der Waals surface area contributed by atoms with E-state index < -0.39 is 0 Å². The molecule has 0 unspecified atom stereocenters. The molecule has 3 heteroatoms. The van der Waals surface area contributed by atoms with E-state index in [9.17, 15) is 4.79 Å². The molecule has 3 fully saturated rings. The van der Waals surface area contributed by atoms with Crippen LogP contribution in [0.4, 0.5) is 0 Å². The van der Waals surface area contributed by atoms with E-state index in [4.69, 9.17) is 5.11 Å². The number of aliphatic hydroxyl groups excluding tert-OH is 1. The van der Waals surface area contributed by atoms with Crippen LogP contribution >= 0.6 is 0 Å². The molecule has 2 heterocycles. The van der Waals surface area contributed by atoms with Crippen molar-refractivity contribution in [2.75, 3.05) is 6.61 Å². The van der Waals surface area contributed by atoms with Crippen LogP contribution in [0.1, 0.15) is 51.4 Å². The smallest absolute Gasteiger partial charge is 0.223 e. The van der Waals surface area contributed by atoms with E-state index in [2.05, 4.69) is 4.90 Å². The average Bonchev–Trinajstić information content (AvgIpc) is 2.73. The predicted molar refractivity (Wildman–Crippen MR) is 60.9 cm³/mol. The molecule has 0 aromatic heterocycles. The second kappa shape index (κ2) is 3.73. The van der Waals surface area contributed by atoms with Gasteiger partial charge in [0, 0.05) is 24.6 Å². The number of carbonyl (C=O) groups excluding carboxylic acids is 1. The van der Waals surface area contributed by atoms with Gasteiger partial charge in [0.2, 0.25) is 5.91 Å². The normalized spacial score (nSPS) is 42.3. The van der Waals surface area contributed by atoms with Gasteiger partial charge in [-0.2, -0.15) is 0 Å². The van der Waals surface area contributed by atoms with Gasteiger partial charge in [0.1, 0.15) is 0 Å². The van der Waals surface area contributed by atoms with E-state index in [-0.39, 0.29) is 12.1 Å². The number of rotatable bonds is 2. The lowest BCUT2D eigenvalue weighted by Crippen LogP contribution is -2.55. The van der Waals surface area contributed by atoms with Crippen molar-refractivity contribution < 1.29 is 9.90 Å². The quantitative estimate of drug-likeness (QED) is 0.774. The summed E-state index contributed by atoms with van der Waals surface area (Å²) in [6.07, 6.45) is 8.86. The van der Waals surface area contributed by atoms with Crippen LogP contribution in [0.5, 0.6) is 0 Å². The molecule has 2 aliphatic heterocycles. The molecule has 3 atom stereocenters. The van der Waals surface area contributed by atoms with Crippen molar-refractivity contribution in [3.8, 4) is 0 Å². The largest absolute Gasteiger partial charge is 0.396 e. The van der Waals surface area contributed by atoms with Crippen molar-refractivity contribution in [2.24, 2.45) is 5.92 Å². The van der Waals surface area contributed by atoms with Crippen LogP contribution in [-0.4, -0.2) is 34.1 Å². The molecule has 0 aromatic carbocycles. The van der Waals surface area contributed by atoms with E-state index >= 15 is 0 Å². The molecule has 1 spiro atoms. The fourth-order valence-electron chi connectivity index (χ4n) is 4.51.